The molecule has 2 fully saturated rings. The molecule has 0 bridgehead atoms. The van der Waals surface area contributed by atoms with E-state index in [1.54, 1.807) is 25.2 Å². The summed E-state index contributed by atoms with van der Waals surface area (Å²) in [6, 6.07) is 0.234. The average molecular weight is 448 g/mol. The number of urea groups is 1. The zero-order valence-corrected chi connectivity index (χ0v) is 19.0. The maximum atomic E-state index is 12.2. The standard InChI is InChI=1S/C19H29N9O2S/c1-13-12-30-9-8-28(13)18-23-15(22-16(24-18)14-10-21-17(20)31-14)11-26-4-6-27(7-5-26)19(29)25(2)3/h10,13H,4-9,11-12H2,1-3H3,(H2,20,21). The lowest BCUT2D eigenvalue weighted by Gasteiger charge is -2.36. The highest BCUT2D eigenvalue weighted by molar-refractivity contribution is 7.18. The highest BCUT2D eigenvalue weighted by atomic mass is 32.1. The van der Waals surface area contributed by atoms with E-state index in [4.69, 9.17) is 25.4 Å². The molecule has 2 aliphatic rings. The summed E-state index contributed by atoms with van der Waals surface area (Å²) in [5.41, 5.74) is 5.83. The number of carbonyl (C=O) groups is 1. The van der Waals surface area contributed by atoms with Crippen LogP contribution in [0.4, 0.5) is 15.9 Å². The number of nitrogen functional groups attached to an aromatic ring is 1. The Hall–Kier alpha value is -2.57. The van der Waals surface area contributed by atoms with Gasteiger partial charge in [0.25, 0.3) is 0 Å². The van der Waals surface area contributed by atoms with Gasteiger partial charge in [0, 0.05) is 46.8 Å². The third kappa shape index (κ3) is 5.02. The van der Waals surface area contributed by atoms with E-state index in [0.717, 1.165) is 24.5 Å². The van der Waals surface area contributed by atoms with E-state index in [1.807, 2.05) is 4.90 Å². The zero-order valence-electron chi connectivity index (χ0n) is 18.2. The number of amides is 2. The molecular formula is C19H29N9O2S. The summed E-state index contributed by atoms with van der Waals surface area (Å²) in [4.78, 5) is 39.3. The average Bonchev–Trinajstić information content (AvgIpc) is 3.20. The number of rotatable bonds is 4. The van der Waals surface area contributed by atoms with Crippen molar-refractivity contribution in [1.29, 1.82) is 0 Å². The fourth-order valence-electron chi connectivity index (χ4n) is 3.71. The third-order valence-electron chi connectivity index (χ3n) is 5.43. The van der Waals surface area contributed by atoms with Crippen LogP contribution < -0.4 is 10.6 Å². The Morgan fingerprint density at radius 1 is 1.23 bits per heavy atom. The molecule has 2 amide bonds. The van der Waals surface area contributed by atoms with E-state index in [2.05, 4.69) is 21.7 Å². The number of thiazole rings is 1. The van der Waals surface area contributed by atoms with Crippen molar-refractivity contribution >= 4 is 28.4 Å². The molecule has 2 aromatic rings. The predicted octanol–water partition coefficient (Wildman–Crippen LogP) is 0.602. The van der Waals surface area contributed by atoms with Crippen molar-refractivity contribution in [3.8, 4) is 10.7 Å². The van der Waals surface area contributed by atoms with E-state index in [1.165, 1.54) is 11.3 Å². The van der Waals surface area contributed by atoms with Gasteiger partial charge < -0.3 is 25.2 Å². The maximum absolute atomic E-state index is 12.2. The molecule has 0 aromatic carbocycles. The van der Waals surface area contributed by atoms with Crippen LogP contribution in [0, 0.1) is 0 Å². The molecule has 11 nitrogen and oxygen atoms in total. The lowest BCUT2D eigenvalue weighted by Crippen LogP contribution is -2.51. The van der Waals surface area contributed by atoms with Crippen LogP contribution in [0.3, 0.4) is 0 Å². The first-order chi connectivity index (χ1) is 14.9. The Morgan fingerprint density at radius 3 is 2.65 bits per heavy atom. The molecule has 0 radical (unpaired) electrons. The number of ether oxygens (including phenoxy) is 1. The minimum absolute atomic E-state index is 0.0495. The van der Waals surface area contributed by atoms with Crippen LogP contribution in [0.15, 0.2) is 6.20 Å². The van der Waals surface area contributed by atoms with Gasteiger partial charge >= 0.3 is 6.03 Å². The van der Waals surface area contributed by atoms with Gasteiger partial charge in [-0.05, 0) is 6.92 Å². The number of morpholine rings is 1. The third-order valence-corrected chi connectivity index (χ3v) is 6.25. The molecule has 2 saturated heterocycles. The monoisotopic (exact) mass is 447 g/mol. The molecule has 1 unspecified atom stereocenters. The predicted molar refractivity (Wildman–Crippen MR) is 119 cm³/mol. The number of piperazine rings is 1. The van der Waals surface area contributed by atoms with E-state index in [0.29, 0.717) is 55.6 Å². The van der Waals surface area contributed by atoms with Gasteiger partial charge in [0.1, 0.15) is 5.82 Å². The van der Waals surface area contributed by atoms with Crippen molar-refractivity contribution in [1.82, 2.24) is 34.6 Å². The molecule has 1 atom stereocenters. The number of anilines is 2. The SMILES string of the molecule is CC1COCCN1c1nc(CN2CCN(C(=O)N(C)C)CC2)nc(-c2cnc(N)s2)n1. The van der Waals surface area contributed by atoms with Crippen LogP contribution in [0.5, 0.6) is 0 Å². The van der Waals surface area contributed by atoms with Gasteiger partial charge in [0.05, 0.1) is 36.9 Å². The van der Waals surface area contributed by atoms with Crippen LogP contribution >= 0.6 is 11.3 Å². The van der Waals surface area contributed by atoms with Gasteiger partial charge in [0.2, 0.25) is 5.95 Å². The van der Waals surface area contributed by atoms with Crippen molar-refractivity contribution in [3.05, 3.63) is 12.0 Å². The fraction of sp³-hybridized carbons (Fsp3) is 0.632. The van der Waals surface area contributed by atoms with Gasteiger partial charge in [-0.15, -0.1) is 0 Å². The van der Waals surface area contributed by atoms with Crippen molar-refractivity contribution < 1.29 is 9.53 Å². The van der Waals surface area contributed by atoms with Crippen LogP contribution in [0.1, 0.15) is 12.7 Å². The van der Waals surface area contributed by atoms with Crippen molar-refractivity contribution in [3.63, 3.8) is 0 Å². The molecule has 12 heteroatoms. The van der Waals surface area contributed by atoms with Gasteiger partial charge in [-0.2, -0.15) is 9.97 Å². The molecule has 2 aliphatic heterocycles. The molecule has 2 N–H and O–H groups in total. The Bertz CT molecular complexity index is 914. The van der Waals surface area contributed by atoms with Crippen LogP contribution in [0.25, 0.3) is 10.7 Å². The lowest BCUT2D eigenvalue weighted by molar-refractivity contribution is 0.0979. The van der Waals surface area contributed by atoms with Gasteiger partial charge in [-0.25, -0.2) is 14.8 Å². The van der Waals surface area contributed by atoms with Crippen LogP contribution in [0.2, 0.25) is 0 Å². The first kappa shape index (κ1) is 21.7. The van der Waals surface area contributed by atoms with Crippen LogP contribution in [-0.4, -0.2) is 107 Å². The summed E-state index contributed by atoms with van der Waals surface area (Å²) in [6.45, 7) is 7.66. The number of nitrogens with two attached hydrogens (primary N) is 1. The quantitative estimate of drug-likeness (QED) is 0.719. The number of nitrogens with zero attached hydrogens (tertiary/aromatic N) is 8. The molecule has 168 valence electrons. The number of aromatic nitrogens is 4. The lowest BCUT2D eigenvalue weighted by atomic mass is 10.3. The van der Waals surface area contributed by atoms with Crippen molar-refractivity contribution in [2.75, 3.05) is 70.7 Å². The molecule has 0 aliphatic carbocycles. The largest absolute Gasteiger partial charge is 0.377 e. The molecule has 31 heavy (non-hydrogen) atoms. The van der Waals surface area contributed by atoms with E-state index in [-0.39, 0.29) is 12.1 Å². The smallest absolute Gasteiger partial charge is 0.319 e. The second-order valence-corrected chi connectivity index (χ2v) is 9.06. The Morgan fingerprint density at radius 2 is 2.00 bits per heavy atom. The van der Waals surface area contributed by atoms with Gasteiger partial charge in [0.15, 0.2) is 11.0 Å². The molecule has 2 aromatic heterocycles. The summed E-state index contributed by atoms with van der Waals surface area (Å²) in [5.74, 6) is 1.96. The summed E-state index contributed by atoms with van der Waals surface area (Å²) >= 11 is 1.37. The number of carbonyl (C=O) groups excluding carboxylic acids is 1. The highest BCUT2D eigenvalue weighted by Gasteiger charge is 2.26. The number of hydrogen-bond donors (Lipinski definition) is 1. The topological polar surface area (TPSA) is 117 Å². The second kappa shape index (κ2) is 9.28. The first-order valence-corrected chi connectivity index (χ1v) is 11.2. The summed E-state index contributed by atoms with van der Waals surface area (Å²) < 4.78 is 5.57. The molecule has 4 rings (SSSR count). The van der Waals surface area contributed by atoms with Gasteiger partial charge in [-0.1, -0.05) is 11.3 Å². The Labute approximate surface area is 185 Å². The van der Waals surface area contributed by atoms with E-state index >= 15 is 0 Å². The van der Waals surface area contributed by atoms with Crippen molar-refractivity contribution in [2.45, 2.75) is 19.5 Å². The van der Waals surface area contributed by atoms with E-state index in [9.17, 15) is 4.79 Å². The van der Waals surface area contributed by atoms with Crippen LogP contribution in [-0.2, 0) is 11.3 Å². The Balaban J connectivity index is 1.54. The summed E-state index contributed by atoms with van der Waals surface area (Å²) in [7, 11) is 3.56. The second-order valence-electron chi connectivity index (χ2n) is 8.00. The van der Waals surface area contributed by atoms with Gasteiger partial charge in [-0.3, -0.25) is 4.90 Å². The molecule has 0 spiro atoms. The minimum Gasteiger partial charge on any atom is -0.377 e. The zero-order chi connectivity index (χ0) is 22.0. The van der Waals surface area contributed by atoms with E-state index < -0.39 is 0 Å². The summed E-state index contributed by atoms with van der Waals surface area (Å²) in [6.07, 6.45) is 1.71. The highest BCUT2D eigenvalue weighted by Crippen LogP contribution is 2.26. The molecule has 0 saturated carbocycles. The fourth-order valence-corrected chi connectivity index (χ4v) is 4.33. The number of hydrogen-bond acceptors (Lipinski definition) is 10. The normalized spacial score (nSPS) is 20.2. The van der Waals surface area contributed by atoms with Crippen molar-refractivity contribution in [2.24, 2.45) is 0 Å². The molecule has 4 heterocycles. The summed E-state index contributed by atoms with van der Waals surface area (Å²) in [5, 5.41) is 0.486. The first-order valence-electron chi connectivity index (χ1n) is 10.4. The Kier molecular flexibility index (Phi) is 6.49. The maximum Gasteiger partial charge on any atom is 0.319 e. The molecular weight excluding hydrogens is 418 g/mol. The minimum atomic E-state index is 0.0495.